The first-order valence-electron chi connectivity index (χ1n) is 6.89. The molecule has 106 valence electrons. The summed E-state index contributed by atoms with van der Waals surface area (Å²) in [4.78, 5) is 17.4. The fourth-order valence-electron chi connectivity index (χ4n) is 2.41. The minimum absolute atomic E-state index is 0.0392. The lowest BCUT2D eigenvalue weighted by molar-refractivity contribution is 0.414. The molecule has 0 radical (unpaired) electrons. The van der Waals surface area contributed by atoms with Gasteiger partial charge in [0.1, 0.15) is 11.6 Å². The molecule has 0 spiro atoms. The van der Waals surface area contributed by atoms with Crippen molar-refractivity contribution in [3.8, 4) is 11.4 Å². The summed E-state index contributed by atoms with van der Waals surface area (Å²) in [5.41, 5.74) is 1.50. The van der Waals surface area contributed by atoms with Crippen molar-refractivity contribution < 1.29 is 4.74 Å². The molecule has 0 N–H and O–H groups in total. The summed E-state index contributed by atoms with van der Waals surface area (Å²) in [6.45, 7) is 2.00. The molecule has 3 aromatic rings. The molecule has 0 fully saturated rings. The fraction of sp³-hybridized carbons (Fsp3) is 0.176. The number of benzene rings is 2. The van der Waals surface area contributed by atoms with E-state index in [-0.39, 0.29) is 5.56 Å². The van der Waals surface area contributed by atoms with Crippen LogP contribution in [0.5, 0.6) is 5.75 Å². The van der Waals surface area contributed by atoms with Gasteiger partial charge in [-0.05, 0) is 36.4 Å². The number of ether oxygens (including phenoxy) is 1. The van der Waals surface area contributed by atoms with E-state index in [0.717, 1.165) is 22.8 Å². The molecule has 0 atom stereocenters. The minimum atomic E-state index is -0.0392. The molecule has 4 nitrogen and oxygen atoms in total. The van der Waals surface area contributed by atoms with Crippen LogP contribution < -0.4 is 10.3 Å². The van der Waals surface area contributed by atoms with Gasteiger partial charge in [0.2, 0.25) is 0 Å². The summed E-state index contributed by atoms with van der Waals surface area (Å²) >= 11 is 0. The predicted molar refractivity (Wildman–Crippen MR) is 83.3 cm³/mol. The van der Waals surface area contributed by atoms with Crippen LogP contribution in [0.25, 0.3) is 16.6 Å². The van der Waals surface area contributed by atoms with Crippen LogP contribution in [0.2, 0.25) is 0 Å². The van der Waals surface area contributed by atoms with Gasteiger partial charge in [0, 0.05) is 6.42 Å². The Labute approximate surface area is 122 Å². The molecule has 0 saturated carbocycles. The van der Waals surface area contributed by atoms with E-state index in [1.54, 1.807) is 11.7 Å². The van der Waals surface area contributed by atoms with Crippen molar-refractivity contribution in [1.82, 2.24) is 9.55 Å². The first kappa shape index (κ1) is 13.4. The van der Waals surface area contributed by atoms with Gasteiger partial charge in [0.25, 0.3) is 5.56 Å². The van der Waals surface area contributed by atoms with Gasteiger partial charge in [0.15, 0.2) is 0 Å². The molecule has 1 aromatic heterocycles. The molecule has 0 amide bonds. The van der Waals surface area contributed by atoms with Gasteiger partial charge in [-0.3, -0.25) is 9.36 Å². The summed E-state index contributed by atoms with van der Waals surface area (Å²) < 4.78 is 6.83. The fourth-order valence-corrected chi connectivity index (χ4v) is 2.41. The van der Waals surface area contributed by atoms with Crippen LogP contribution in [-0.2, 0) is 6.42 Å². The SMILES string of the molecule is CCc1nc2ccccc2c(=O)n1-c1ccc(OC)cc1. The van der Waals surface area contributed by atoms with E-state index in [4.69, 9.17) is 4.74 Å². The standard InChI is InChI=1S/C17H16N2O2/c1-3-16-18-15-7-5-4-6-14(15)17(20)19(16)12-8-10-13(21-2)11-9-12/h4-11H,3H2,1-2H3. The zero-order valence-electron chi connectivity index (χ0n) is 12.0. The number of aryl methyl sites for hydroxylation is 1. The third-order valence-corrected chi connectivity index (χ3v) is 3.49. The number of fused-ring (bicyclic) bond motifs is 1. The summed E-state index contributed by atoms with van der Waals surface area (Å²) in [7, 11) is 1.62. The molecule has 0 bridgehead atoms. The lowest BCUT2D eigenvalue weighted by Gasteiger charge is -2.12. The van der Waals surface area contributed by atoms with E-state index >= 15 is 0 Å². The van der Waals surface area contributed by atoms with Gasteiger partial charge in [-0.15, -0.1) is 0 Å². The van der Waals surface area contributed by atoms with Crippen LogP contribution in [0.1, 0.15) is 12.7 Å². The maximum Gasteiger partial charge on any atom is 0.265 e. The van der Waals surface area contributed by atoms with Crippen molar-refractivity contribution >= 4 is 10.9 Å². The van der Waals surface area contributed by atoms with E-state index in [1.165, 1.54) is 0 Å². The average Bonchev–Trinajstić information content (AvgIpc) is 2.55. The third kappa shape index (κ3) is 2.29. The normalized spacial score (nSPS) is 10.8. The van der Waals surface area contributed by atoms with Crippen molar-refractivity contribution in [3.05, 3.63) is 64.7 Å². The van der Waals surface area contributed by atoms with Crippen LogP contribution >= 0.6 is 0 Å². The number of nitrogens with zero attached hydrogens (tertiary/aromatic N) is 2. The van der Waals surface area contributed by atoms with E-state index < -0.39 is 0 Å². The molecule has 2 aromatic carbocycles. The Morgan fingerprint density at radius 1 is 1.10 bits per heavy atom. The molecule has 0 aliphatic heterocycles. The largest absolute Gasteiger partial charge is 0.497 e. The minimum Gasteiger partial charge on any atom is -0.497 e. The van der Waals surface area contributed by atoms with Crippen molar-refractivity contribution in [3.63, 3.8) is 0 Å². The first-order chi connectivity index (χ1) is 10.2. The number of hydrogen-bond donors (Lipinski definition) is 0. The second-order valence-corrected chi connectivity index (χ2v) is 4.74. The summed E-state index contributed by atoms with van der Waals surface area (Å²) in [5.74, 6) is 1.52. The number of methoxy groups -OCH3 is 1. The Bertz CT molecular complexity index is 836. The summed E-state index contributed by atoms with van der Waals surface area (Å²) in [6, 6.07) is 14.9. The Morgan fingerprint density at radius 2 is 1.81 bits per heavy atom. The first-order valence-corrected chi connectivity index (χ1v) is 6.89. The quantitative estimate of drug-likeness (QED) is 0.741. The molecule has 21 heavy (non-hydrogen) atoms. The Hall–Kier alpha value is -2.62. The molecule has 0 unspecified atom stereocenters. The van der Waals surface area contributed by atoms with Gasteiger partial charge in [-0.2, -0.15) is 0 Å². The van der Waals surface area contributed by atoms with Crippen LogP contribution in [-0.4, -0.2) is 16.7 Å². The van der Waals surface area contributed by atoms with Gasteiger partial charge in [-0.1, -0.05) is 19.1 Å². The second-order valence-electron chi connectivity index (χ2n) is 4.74. The van der Waals surface area contributed by atoms with Gasteiger partial charge in [0.05, 0.1) is 23.7 Å². The van der Waals surface area contributed by atoms with Crippen LogP contribution in [0, 0.1) is 0 Å². The maximum absolute atomic E-state index is 12.8. The molecular formula is C17H16N2O2. The Morgan fingerprint density at radius 3 is 2.48 bits per heavy atom. The van der Waals surface area contributed by atoms with Crippen LogP contribution in [0.3, 0.4) is 0 Å². The zero-order valence-corrected chi connectivity index (χ0v) is 12.0. The van der Waals surface area contributed by atoms with E-state index in [0.29, 0.717) is 11.8 Å². The molecular weight excluding hydrogens is 264 g/mol. The maximum atomic E-state index is 12.8. The zero-order chi connectivity index (χ0) is 14.8. The topological polar surface area (TPSA) is 44.1 Å². The van der Waals surface area contributed by atoms with Crippen molar-refractivity contribution in [2.24, 2.45) is 0 Å². The lowest BCUT2D eigenvalue weighted by atomic mass is 10.2. The summed E-state index contributed by atoms with van der Waals surface area (Å²) in [6.07, 6.45) is 0.687. The van der Waals surface area contributed by atoms with Gasteiger partial charge >= 0.3 is 0 Å². The predicted octanol–water partition coefficient (Wildman–Crippen LogP) is 2.96. The highest BCUT2D eigenvalue weighted by Crippen LogP contribution is 2.17. The van der Waals surface area contributed by atoms with Gasteiger partial charge in [-0.25, -0.2) is 4.98 Å². The van der Waals surface area contributed by atoms with Crippen LogP contribution in [0.15, 0.2) is 53.3 Å². The van der Waals surface area contributed by atoms with Crippen LogP contribution in [0.4, 0.5) is 0 Å². The van der Waals surface area contributed by atoms with Crippen molar-refractivity contribution in [2.75, 3.05) is 7.11 Å². The smallest absolute Gasteiger partial charge is 0.265 e. The molecule has 3 rings (SSSR count). The lowest BCUT2D eigenvalue weighted by Crippen LogP contribution is -2.23. The molecule has 0 aliphatic rings. The number of rotatable bonds is 3. The molecule has 0 aliphatic carbocycles. The number of hydrogen-bond acceptors (Lipinski definition) is 3. The molecule has 0 saturated heterocycles. The summed E-state index contributed by atoms with van der Waals surface area (Å²) in [5, 5.41) is 0.630. The Balaban J connectivity index is 2.29. The van der Waals surface area contributed by atoms with E-state index in [2.05, 4.69) is 4.98 Å². The number of para-hydroxylation sites is 1. The highest BCUT2D eigenvalue weighted by atomic mass is 16.5. The highest BCUT2D eigenvalue weighted by Gasteiger charge is 2.11. The van der Waals surface area contributed by atoms with Crippen molar-refractivity contribution in [2.45, 2.75) is 13.3 Å². The molecule has 1 heterocycles. The number of aromatic nitrogens is 2. The highest BCUT2D eigenvalue weighted by molar-refractivity contribution is 5.77. The molecule has 4 heteroatoms. The van der Waals surface area contributed by atoms with Crippen molar-refractivity contribution in [1.29, 1.82) is 0 Å². The monoisotopic (exact) mass is 280 g/mol. The van der Waals surface area contributed by atoms with Gasteiger partial charge < -0.3 is 4.74 Å². The van der Waals surface area contributed by atoms with E-state index in [1.807, 2.05) is 55.5 Å². The van der Waals surface area contributed by atoms with E-state index in [9.17, 15) is 4.79 Å². The third-order valence-electron chi connectivity index (χ3n) is 3.49. The Kier molecular flexibility index (Phi) is 3.44. The second kappa shape index (κ2) is 5.40. The average molecular weight is 280 g/mol.